The maximum atomic E-state index is 13.7. The van der Waals surface area contributed by atoms with Gasteiger partial charge in [-0.3, -0.25) is 0 Å². The minimum absolute atomic E-state index is 0.0332. The summed E-state index contributed by atoms with van der Waals surface area (Å²) in [6.07, 6.45) is -13.7. The second kappa shape index (κ2) is 11.4. The van der Waals surface area contributed by atoms with E-state index in [1.165, 1.54) is 7.11 Å². The molecule has 0 aliphatic carbocycles. The molecular weight excluding hydrogens is 579 g/mol. The predicted octanol–water partition coefficient (Wildman–Crippen LogP) is 5.43. The van der Waals surface area contributed by atoms with Crippen LogP contribution in [0.1, 0.15) is 6.42 Å². The number of aliphatic hydroxyl groups excluding tert-OH is 1. The van der Waals surface area contributed by atoms with Crippen molar-refractivity contribution in [2.45, 2.75) is 60.2 Å². The largest absolute Gasteiger partial charge is 0.460 e. The van der Waals surface area contributed by atoms with E-state index in [9.17, 15) is 79.7 Å². The van der Waals surface area contributed by atoms with Crippen molar-refractivity contribution in [2.75, 3.05) is 40.1 Å². The lowest BCUT2D eigenvalue weighted by atomic mass is 9.88. The third-order valence-corrected chi connectivity index (χ3v) is 4.39. The second-order valence-corrected chi connectivity index (χ2v) is 7.19. The SMILES string of the molecule is COCCOCCOCC(O)CC(F)(F)C(F)(F)C(F)(F)C(F)(F)C(F)(F)C(F)(F)C(F)(F)C(F)(F)F. The first-order valence-corrected chi connectivity index (χ1v) is 9.24. The standard InChI is InChI=1S/C16H17F17O4/c1-35-2-3-36-4-5-37-7-8(34)6-9(17,18)10(19,20)11(21,22)12(23,24)13(25,26)14(27,28)15(29,30)16(31,32)33/h8,34H,2-7H2,1H3. The van der Waals surface area contributed by atoms with Crippen LogP contribution in [0.3, 0.4) is 0 Å². The Morgan fingerprint density at radius 3 is 1.27 bits per heavy atom. The molecule has 0 bridgehead atoms. The van der Waals surface area contributed by atoms with E-state index in [-0.39, 0.29) is 19.8 Å². The number of alkyl halides is 17. The molecule has 0 aliphatic rings. The minimum atomic E-state index is -8.69. The Morgan fingerprint density at radius 2 is 0.865 bits per heavy atom. The molecule has 37 heavy (non-hydrogen) atoms. The lowest BCUT2D eigenvalue weighted by Gasteiger charge is -2.43. The van der Waals surface area contributed by atoms with Gasteiger partial charge in [-0.15, -0.1) is 0 Å². The molecule has 0 saturated heterocycles. The Hall–Kier alpha value is -1.35. The fraction of sp³-hybridized carbons (Fsp3) is 1.00. The van der Waals surface area contributed by atoms with Crippen LogP contribution in [0, 0.1) is 0 Å². The first-order valence-electron chi connectivity index (χ1n) is 9.24. The van der Waals surface area contributed by atoms with Crippen molar-refractivity contribution in [3.05, 3.63) is 0 Å². The van der Waals surface area contributed by atoms with E-state index < -0.39 is 73.4 Å². The Kier molecular flexibility index (Phi) is 11.0. The number of methoxy groups -OCH3 is 1. The van der Waals surface area contributed by atoms with Crippen LogP contribution in [0.15, 0.2) is 0 Å². The van der Waals surface area contributed by atoms with Gasteiger partial charge in [0.05, 0.1) is 39.1 Å². The van der Waals surface area contributed by atoms with Crippen molar-refractivity contribution in [3.8, 4) is 0 Å². The lowest BCUT2D eigenvalue weighted by molar-refractivity contribution is -0.462. The summed E-state index contributed by atoms with van der Waals surface area (Å²) >= 11 is 0. The van der Waals surface area contributed by atoms with E-state index >= 15 is 0 Å². The van der Waals surface area contributed by atoms with E-state index in [1.807, 2.05) is 0 Å². The van der Waals surface area contributed by atoms with Gasteiger partial charge >= 0.3 is 47.6 Å². The molecule has 1 N–H and O–H groups in total. The Bertz CT molecular complexity index is 723. The molecule has 1 unspecified atom stereocenters. The van der Waals surface area contributed by atoms with Crippen molar-refractivity contribution >= 4 is 0 Å². The average Bonchev–Trinajstić information content (AvgIpc) is 2.71. The van der Waals surface area contributed by atoms with Gasteiger partial charge in [0.1, 0.15) is 0 Å². The minimum Gasteiger partial charge on any atom is -0.390 e. The van der Waals surface area contributed by atoms with Crippen LogP contribution in [0.5, 0.6) is 0 Å². The summed E-state index contributed by atoms with van der Waals surface area (Å²) in [4.78, 5) is 0. The Labute approximate surface area is 195 Å². The molecule has 0 aromatic rings. The van der Waals surface area contributed by atoms with Crippen LogP contribution >= 0.6 is 0 Å². The van der Waals surface area contributed by atoms with Crippen LogP contribution < -0.4 is 0 Å². The molecule has 1 atom stereocenters. The normalized spacial score (nSPS) is 16.3. The van der Waals surface area contributed by atoms with Gasteiger partial charge in [-0.2, -0.15) is 74.6 Å². The molecule has 0 radical (unpaired) electrons. The molecule has 0 amide bonds. The fourth-order valence-electron chi connectivity index (χ4n) is 2.26. The molecule has 224 valence electrons. The van der Waals surface area contributed by atoms with E-state index in [1.54, 1.807) is 0 Å². The summed E-state index contributed by atoms with van der Waals surface area (Å²) in [6.45, 7) is -2.27. The predicted molar refractivity (Wildman–Crippen MR) is 84.8 cm³/mol. The highest BCUT2D eigenvalue weighted by molar-refractivity contribution is 5.15. The molecule has 21 heteroatoms. The van der Waals surface area contributed by atoms with Gasteiger partial charge in [-0.05, 0) is 0 Å². The topological polar surface area (TPSA) is 47.9 Å². The van der Waals surface area contributed by atoms with Crippen molar-refractivity contribution in [1.29, 1.82) is 0 Å². The third-order valence-electron chi connectivity index (χ3n) is 4.39. The summed E-state index contributed by atoms with van der Waals surface area (Å²) in [5.74, 6) is -57.0. The van der Waals surface area contributed by atoms with Gasteiger partial charge in [0.25, 0.3) is 0 Å². The number of hydrogen-bond donors (Lipinski definition) is 1. The van der Waals surface area contributed by atoms with E-state index in [4.69, 9.17) is 4.74 Å². The zero-order valence-corrected chi connectivity index (χ0v) is 17.9. The van der Waals surface area contributed by atoms with E-state index in [0.29, 0.717) is 0 Å². The number of ether oxygens (including phenoxy) is 3. The number of aliphatic hydroxyl groups is 1. The summed E-state index contributed by atoms with van der Waals surface area (Å²) in [5.41, 5.74) is 0. The maximum absolute atomic E-state index is 13.7. The smallest absolute Gasteiger partial charge is 0.390 e. The molecule has 0 heterocycles. The highest BCUT2D eigenvalue weighted by Crippen LogP contribution is 2.64. The van der Waals surface area contributed by atoms with E-state index in [2.05, 4.69) is 9.47 Å². The first kappa shape index (κ1) is 35.6. The number of halogens is 17. The number of rotatable bonds is 16. The molecular formula is C16H17F17O4. The molecule has 0 aromatic carbocycles. The van der Waals surface area contributed by atoms with Crippen LogP contribution in [-0.2, 0) is 14.2 Å². The van der Waals surface area contributed by atoms with Crippen molar-refractivity contribution in [3.63, 3.8) is 0 Å². The van der Waals surface area contributed by atoms with Gasteiger partial charge in [0, 0.05) is 13.5 Å². The van der Waals surface area contributed by atoms with Crippen LogP contribution in [-0.4, -0.2) is 99.0 Å². The quantitative estimate of drug-likeness (QED) is 0.191. The molecule has 4 nitrogen and oxygen atoms in total. The zero-order chi connectivity index (χ0) is 29.9. The van der Waals surface area contributed by atoms with E-state index in [0.717, 1.165) is 0 Å². The average molecular weight is 596 g/mol. The fourth-order valence-corrected chi connectivity index (χ4v) is 2.26. The summed E-state index contributed by atoms with van der Waals surface area (Å²) in [7, 11) is 1.27. The van der Waals surface area contributed by atoms with Gasteiger partial charge in [0.2, 0.25) is 0 Å². The third kappa shape index (κ3) is 6.45. The Morgan fingerprint density at radius 1 is 0.514 bits per heavy atom. The van der Waals surface area contributed by atoms with Crippen molar-refractivity contribution in [1.82, 2.24) is 0 Å². The van der Waals surface area contributed by atoms with Crippen molar-refractivity contribution < 1.29 is 94.0 Å². The monoisotopic (exact) mass is 596 g/mol. The highest BCUT2D eigenvalue weighted by Gasteiger charge is 2.95. The van der Waals surface area contributed by atoms with Crippen LogP contribution in [0.25, 0.3) is 0 Å². The molecule has 0 fully saturated rings. The highest BCUT2D eigenvalue weighted by atomic mass is 19.4. The maximum Gasteiger partial charge on any atom is 0.460 e. The van der Waals surface area contributed by atoms with Gasteiger partial charge in [0.15, 0.2) is 0 Å². The molecule has 0 aliphatic heterocycles. The Balaban J connectivity index is 5.87. The number of hydrogen-bond acceptors (Lipinski definition) is 4. The summed E-state index contributed by atoms with van der Waals surface area (Å²) in [6, 6.07) is 0. The van der Waals surface area contributed by atoms with Gasteiger partial charge in [-0.1, -0.05) is 0 Å². The lowest BCUT2D eigenvalue weighted by Crippen LogP contribution is -2.74. The van der Waals surface area contributed by atoms with Crippen molar-refractivity contribution in [2.24, 2.45) is 0 Å². The first-order chi connectivity index (χ1) is 16.2. The molecule has 0 saturated carbocycles. The van der Waals surface area contributed by atoms with Crippen LogP contribution in [0.4, 0.5) is 74.6 Å². The zero-order valence-electron chi connectivity index (χ0n) is 17.9. The molecule has 0 spiro atoms. The van der Waals surface area contributed by atoms with Gasteiger partial charge in [-0.25, -0.2) is 0 Å². The summed E-state index contributed by atoms with van der Waals surface area (Å²) < 4.78 is 237. The molecule has 0 aromatic heterocycles. The van der Waals surface area contributed by atoms with Gasteiger partial charge < -0.3 is 19.3 Å². The summed E-state index contributed by atoms with van der Waals surface area (Å²) in [5, 5.41) is 9.22. The molecule has 0 rings (SSSR count). The van der Waals surface area contributed by atoms with Crippen LogP contribution in [0.2, 0.25) is 0 Å². The second-order valence-electron chi connectivity index (χ2n) is 7.19.